The van der Waals surface area contributed by atoms with Crippen molar-refractivity contribution in [3.05, 3.63) is 46.5 Å². The predicted octanol–water partition coefficient (Wildman–Crippen LogP) is 4.75. The summed E-state index contributed by atoms with van der Waals surface area (Å²) in [7, 11) is 0. The quantitative estimate of drug-likeness (QED) is 0.736. The van der Waals surface area contributed by atoms with Crippen LogP contribution in [-0.4, -0.2) is 26.2 Å². The number of hydrogen-bond donors (Lipinski definition) is 0. The van der Waals surface area contributed by atoms with Crippen LogP contribution in [0.15, 0.2) is 24.3 Å². The van der Waals surface area contributed by atoms with Gasteiger partial charge >= 0.3 is 0 Å². The van der Waals surface area contributed by atoms with Gasteiger partial charge in [0.15, 0.2) is 0 Å². The maximum atomic E-state index is 2.68. The maximum absolute atomic E-state index is 2.68. The molecule has 0 saturated carbocycles. The molecule has 2 heteroatoms. The van der Waals surface area contributed by atoms with E-state index >= 15 is 0 Å². The number of hydrogen-bond acceptors (Lipinski definition) is 2. The topological polar surface area (TPSA) is 6.48 Å². The highest BCUT2D eigenvalue weighted by Crippen LogP contribution is 2.45. The molecule has 4 aliphatic heterocycles. The molecule has 6 rings (SSSR count). The summed E-state index contributed by atoms with van der Waals surface area (Å²) < 4.78 is 0. The van der Waals surface area contributed by atoms with Gasteiger partial charge in [-0.1, -0.05) is 24.3 Å². The molecular weight excluding hydrogens is 316 g/mol. The first kappa shape index (κ1) is 15.1. The van der Waals surface area contributed by atoms with Gasteiger partial charge in [-0.25, -0.2) is 0 Å². The van der Waals surface area contributed by atoms with Crippen LogP contribution in [0.1, 0.15) is 47.9 Å². The van der Waals surface area contributed by atoms with Gasteiger partial charge in [-0.3, -0.25) is 0 Å². The minimum absolute atomic E-state index is 1.26. The lowest BCUT2D eigenvalue weighted by molar-refractivity contribution is 0.632. The largest absolute Gasteiger partial charge is 0.371 e. The summed E-state index contributed by atoms with van der Waals surface area (Å²) in [5, 5.41) is 0. The molecule has 0 saturated heterocycles. The summed E-state index contributed by atoms with van der Waals surface area (Å²) in [6, 6.07) is 9.81. The second-order valence-corrected chi connectivity index (χ2v) is 8.59. The number of rotatable bonds is 1. The third-order valence-corrected chi connectivity index (χ3v) is 7.11. The average molecular weight is 345 g/mol. The van der Waals surface area contributed by atoms with Gasteiger partial charge in [0.1, 0.15) is 0 Å². The second kappa shape index (κ2) is 5.77. The summed E-state index contributed by atoms with van der Waals surface area (Å²) in [6.45, 7) is 5.03. The lowest BCUT2D eigenvalue weighted by atomic mass is 9.82. The molecule has 0 aliphatic carbocycles. The number of anilines is 2. The minimum atomic E-state index is 1.26. The van der Waals surface area contributed by atoms with Gasteiger partial charge in [-0.15, -0.1) is 0 Å². The van der Waals surface area contributed by atoms with E-state index in [1.165, 1.54) is 77.5 Å². The summed E-state index contributed by atoms with van der Waals surface area (Å²) in [6.07, 6.45) is 10.3. The smallest absolute Gasteiger partial charge is 0.0437 e. The summed E-state index contributed by atoms with van der Waals surface area (Å²) >= 11 is 0. The van der Waals surface area contributed by atoms with Crippen LogP contribution in [0.5, 0.6) is 0 Å². The van der Waals surface area contributed by atoms with Crippen molar-refractivity contribution in [2.45, 2.75) is 51.4 Å². The van der Waals surface area contributed by atoms with Gasteiger partial charge < -0.3 is 9.80 Å². The van der Waals surface area contributed by atoms with E-state index in [0.717, 1.165) is 0 Å². The third-order valence-electron chi connectivity index (χ3n) is 7.11. The Morgan fingerprint density at radius 2 is 0.923 bits per heavy atom. The molecule has 0 N–H and O–H groups in total. The van der Waals surface area contributed by atoms with E-state index in [-0.39, 0.29) is 0 Å². The molecule has 134 valence electrons. The van der Waals surface area contributed by atoms with Crippen molar-refractivity contribution in [2.24, 2.45) is 0 Å². The maximum Gasteiger partial charge on any atom is 0.0437 e. The second-order valence-electron chi connectivity index (χ2n) is 8.59. The zero-order valence-corrected chi connectivity index (χ0v) is 15.7. The number of aryl methyl sites for hydroxylation is 2. The molecule has 26 heavy (non-hydrogen) atoms. The SMILES string of the molecule is c1cc(-c2ccc3c4c2CCCN4CCC3)c2c3c1CCCN3CCC2. The van der Waals surface area contributed by atoms with E-state index in [1.807, 2.05) is 0 Å². The predicted molar refractivity (Wildman–Crippen MR) is 110 cm³/mol. The van der Waals surface area contributed by atoms with E-state index in [0.29, 0.717) is 0 Å². The van der Waals surface area contributed by atoms with Crippen LogP contribution in [-0.2, 0) is 25.7 Å². The van der Waals surface area contributed by atoms with Gasteiger partial charge in [0.25, 0.3) is 0 Å². The van der Waals surface area contributed by atoms with Crippen LogP contribution in [0.4, 0.5) is 11.4 Å². The molecule has 2 aromatic carbocycles. The molecular formula is C24H28N2. The van der Waals surface area contributed by atoms with Crippen molar-refractivity contribution in [1.29, 1.82) is 0 Å². The fourth-order valence-corrected chi connectivity index (χ4v) is 6.06. The van der Waals surface area contributed by atoms with Gasteiger partial charge in [-0.05, 0) is 84.7 Å². The van der Waals surface area contributed by atoms with E-state index < -0.39 is 0 Å². The van der Waals surface area contributed by atoms with Crippen molar-refractivity contribution in [3.63, 3.8) is 0 Å². The minimum Gasteiger partial charge on any atom is -0.371 e. The Bertz CT molecular complexity index is 805. The Hall–Kier alpha value is -1.96. The van der Waals surface area contributed by atoms with E-state index in [9.17, 15) is 0 Å². The molecule has 0 bridgehead atoms. The summed E-state index contributed by atoms with van der Waals surface area (Å²) in [4.78, 5) is 5.36. The standard InChI is InChI=1S/C24H28N2/c1-5-17-9-11-19(21-7-3-15-25(13-1)23(17)21)20-12-10-18-6-2-14-26-16-4-8-22(20)24(18)26/h9-12H,1-8,13-16H2. The summed E-state index contributed by atoms with van der Waals surface area (Å²) in [5.74, 6) is 0. The van der Waals surface area contributed by atoms with Gasteiger partial charge in [-0.2, -0.15) is 0 Å². The van der Waals surface area contributed by atoms with Crippen molar-refractivity contribution in [2.75, 3.05) is 36.0 Å². The lowest BCUT2D eigenvalue weighted by Crippen LogP contribution is -2.35. The Kier molecular flexibility index (Phi) is 3.36. The van der Waals surface area contributed by atoms with E-state index in [4.69, 9.17) is 0 Å². The van der Waals surface area contributed by atoms with Crippen LogP contribution < -0.4 is 9.80 Å². The molecule has 0 amide bonds. The highest BCUT2D eigenvalue weighted by Gasteiger charge is 2.29. The molecule has 0 aromatic heterocycles. The monoisotopic (exact) mass is 344 g/mol. The Morgan fingerprint density at radius 3 is 1.38 bits per heavy atom. The van der Waals surface area contributed by atoms with Crippen molar-refractivity contribution in [1.82, 2.24) is 0 Å². The highest BCUT2D eigenvalue weighted by atomic mass is 15.1. The summed E-state index contributed by atoms with van der Waals surface area (Å²) in [5.41, 5.74) is 12.8. The Morgan fingerprint density at radius 1 is 0.500 bits per heavy atom. The Balaban J connectivity index is 1.57. The van der Waals surface area contributed by atoms with Crippen molar-refractivity contribution >= 4 is 11.4 Å². The van der Waals surface area contributed by atoms with Gasteiger partial charge in [0.2, 0.25) is 0 Å². The van der Waals surface area contributed by atoms with Gasteiger partial charge in [0, 0.05) is 37.6 Å². The number of benzene rings is 2. The molecule has 2 aromatic rings. The molecule has 0 radical (unpaired) electrons. The number of nitrogens with zero attached hydrogens (tertiary/aromatic N) is 2. The molecule has 2 nitrogen and oxygen atoms in total. The fraction of sp³-hybridized carbons (Fsp3) is 0.500. The van der Waals surface area contributed by atoms with Crippen LogP contribution in [0.3, 0.4) is 0 Å². The zero-order chi connectivity index (χ0) is 17.1. The molecule has 0 fully saturated rings. The first-order valence-electron chi connectivity index (χ1n) is 10.7. The third kappa shape index (κ3) is 2.11. The zero-order valence-electron chi connectivity index (χ0n) is 15.7. The molecule has 0 unspecified atom stereocenters. The van der Waals surface area contributed by atoms with E-state index in [2.05, 4.69) is 34.1 Å². The van der Waals surface area contributed by atoms with Crippen molar-refractivity contribution in [3.8, 4) is 11.1 Å². The van der Waals surface area contributed by atoms with Crippen LogP contribution in [0.2, 0.25) is 0 Å². The molecule has 0 atom stereocenters. The van der Waals surface area contributed by atoms with Crippen LogP contribution in [0, 0.1) is 0 Å². The van der Waals surface area contributed by atoms with Crippen molar-refractivity contribution < 1.29 is 0 Å². The van der Waals surface area contributed by atoms with Crippen LogP contribution >= 0.6 is 0 Å². The highest BCUT2D eigenvalue weighted by molar-refractivity contribution is 5.84. The lowest BCUT2D eigenvalue weighted by Gasteiger charge is -2.40. The molecule has 4 aliphatic rings. The molecule has 0 spiro atoms. The first-order chi connectivity index (χ1) is 12.9. The Labute approximate surface area is 156 Å². The van der Waals surface area contributed by atoms with E-state index in [1.54, 1.807) is 44.8 Å². The van der Waals surface area contributed by atoms with Crippen LogP contribution in [0.25, 0.3) is 11.1 Å². The fourth-order valence-electron chi connectivity index (χ4n) is 6.06. The molecule has 4 heterocycles. The van der Waals surface area contributed by atoms with Gasteiger partial charge in [0.05, 0.1) is 0 Å². The first-order valence-corrected chi connectivity index (χ1v) is 10.7. The average Bonchev–Trinajstić information content (AvgIpc) is 2.70. The normalized spacial score (nSPS) is 20.6.